The van der Waals surface area contributed by atoms with Crippen molar-refractivity contribution in [1.82, 2.24) is 30.1 Å². The van der Waals surface area contributed by atoms with Crippen molar-refractivity contribution in [3.05, 3.63) is 71.9 Å². The zero-order valence-corrected chi connectivity index (χ0v) is 19.1. The summed E-state index contributed by atoms with van der Waals surface area (Å²) in [6.07, 6.45) is 0. The predicted octanol–water partition coefficient (Wildman–Crippen LogP) is 2.97. The standard InChI is InChI=1S/C25H22N6O4/c1-15-22(18-5-3-4-6-19(18)27-15)23(32)25(33)26-13-14-35-21-12-11-20-28-29-24(31(20)30-21)16-7-9-17(34-2)10-8-16/h3-12,27H,13-14H2,1-2H3,(H,26,33). The van der Waals surface area contributed by atoms with Gasteiger partial charge in [0.1, 0.15) is 12.4 Å². The first-order valence-corrected chi connectivity index (χ1v) is 10.9. The van der Waals surface area contributed by atoms with Crippen LogP contribution in [0.3, 0.4) is 0 Å². The first-order chi connectivity index (χ1) is 17.0. The number of nitrogens with one attached hydrogen (secondary N) is 2. The van der Waals surface area contributed by atoms with Gasteiger partial charge in [-0.3, -0.25) is 9.59 Å². The molecule has 0 aliphatic rings. The van der Waals surface area contributed by atoms with Crippen molar-refractivity contribution in [3.8, 4) is 23.0 Å². The Labute approximate surface area is 199 Å². The summed E-state index contributed by atoms with van der Waals surface area (Å²) < 4.78 is 12.5. The van der Waals surface area contributed by atoms with E-state index < -0.39 is 11.7 Å². The van der Waals surface area contributed by atoms with Gasteiger partial charge >= 0.3 is 0 Å². The molecule has 3 heterocycles. The van der Waals surface area contributed by atoms with Crippen molar-refractivity contribution in [1.29, 1.82) is 0 Å². The average molecular weight is 470 g/mol. The van der Waals surface area contributed by atoms with Crippen molar-refractivity contribution >= 4 is 28.2 Å². The number of methoxy groups -OCH3 is 1. The topological polar surface area (TPSA) is 123 Å². The van der Waals surface area contributed by atoms with E-state index in [1.807, 2.05) is 48.5 Å². The monoisotopic (exact) mass is 470 g/mol. The van der Waals surface area contributed by atoms with Gasteiger partial charge in [-0.25, -0.2) is 0 Å². The van der Waals surface area contributed by atoms with Crippen molar-refractivity contribution in [2.45, 2.75) is 6.92 Å². The lowest BCUT2D eigenvalue weighted by atomic mass is 10.1. The van der Waals surface area contributed by atoms with E-state index >= 15 is 0 Å². The summed E-state index contributed by atoms with van der Waals surface area (Å²) in [4.78, 5) is 28.3. The van der Waals surface area contributed by atoms with E-state index in [9.17, 15) is 9.59 Å². The molecule has 1 amide bonds. The van der Waals surface area contributed by atoms with Crippen LogP contribution < -0.4 is 14.8 Å². The largest absolute Gasteiger partial charge is 0.497 e. The van der Waals surface area contributed by atoms with E-state index in [0.717, 1.165) is 22.2 Å². The fourth-order valence-corrected chi connectivity index (χ4v) is 3.85. The van der Waals surface area contributed by atoms with Gasteiger partial charge < -0.3 is 19.8 Å². The summed E-state index contributed by atoms with van der Waals surface area (Å²) in [5.41, 5.74) is 3.23. The number of fused-ring (bicyclic) bond motifs is 2. The van der Waals surface area contributed by atoms with Gasteiger partial charge in [0.25, 0.3) is 11.7 Å². The highest BCUT2D eigenvalue weighted by molar-refractivity contribution is 6.45. The molecule has 0 fully saturated rings. The molecule has 5 rings (SSSR count). The van der Waals surface area contributed by atoms with Gasteiger partial charge in [0.15, 0.2) is 11.5 Å². The molecule has 0 atom stereocenters. The van der Waals surface area contributed by atoms with Crippen LogP contribution in [0, 0.1) is 6.92 Å². The highest BCUT2D eigenvalue weighted by Gasteiger charge is 2.22. The number of hydrogen-bond acceptors (Lipinski definition) is 7. The highest BCUT2D eigenvalue weighted by atomic mass is 16.5. The van der Waals surface area contributed by atoms with Gasteiger partial charge in [0.2, 0.25) is 5.88 Å². The molecule has 10 heteroatoms. The lowest BCUT2D eigenvalue weighted by Crippen LogP contribution is -2.34. The first kappa shape index (κ1) is 22.1. The third-order valence-electron chi connectivity index (χ3n) is 5.55. The quantitative estimate of drug-likeness (QED) is 0.203. The molecule has 0 radical (unpaired) electrons. The molecule has 2 N–H and O–H groups in total. The first-order valence-electron chi connectivity index (χ1n) is 10.9. The van der Waals surface area contributed by atoms with Crippen LogP contribution in [0.15, 0.2) is 60.7 Å². The summed E-state index contributed by atoms with van der Waals surface area (Å²) >= 11 is 0. The Balaban J connectivity index is 1.22. The number of amides is 1. The van der Waals surface area contributed by atoms with E-state index in [-0.39, 0.29) is 13.2 Å². The lowest BCUT2D eigenvalue weighted by molar-refractivity contribution is -0.117. The number of aryl methyl sites for hydroxylation is 1. The summed E-state index contributed by atoms with van der Waals surface area (Å²) in [5.74, 6) is 0.347. The van der Waals surface area contributed by atoms with E-state index in [0.29, 0.717) is 28.6 Å². The zero-order valence-electron chi connectivity index (χ0n) is 19.1. The number of hydrogen-bond donors (Lipinski definition) is 2. The third kappa shape index (κ3) is 4.29. The van der Waals surface area contributed by atoms with Crippen LogP contribution in [0.25, 0.3) is 27.9 Å². The summed E-state index contributed by atoms with van der Waals surface area (Å²) in [6.45, 7) is 2.04. The number of nitrogens with zero attached hydrogens (tertiary/aromatic N) is 4. The average Bonchev–Trinajstić information content (AvgIpc) is 3.46. The molecule has 35 heavy (non-hydrogen) atoms. The second-order valence-electron chi connectivity index (χ2n) is 7.80. The normalized spacial score (nSPS) is 11.0. The summed E-state index contributed by atoms with van der Waals surface area (Å²) in [5, 5.41) is 16.1. The van der Waals surface area contributed by atoms with Crippen LogP contribution in [0.5, 0.6) is 11.6 Å². The fourth-order valence-electron chi connectivity index (χ4n) is 3.85. The molecule has 0 spiro atoms. The molecule has 5 aromatic rings. The highest BCUT2D eigenvalue weighted by Crippen LogP contribution is 2.23. The summed E-state index contributed by atoms with van der Waals surface area (Å²) in [6, 6.07) is 18.2. The summed E-state index contributed by atoms with van der Waals surface area (Å²) in [7, 11) is 1.61. The number of carbonyl (C=O) groups excluding carboxylic acids is 2. The minimum Gasteiger partial charge on any atom is -0.497 e. The maximum Gasteiger partial charge on any atom is 0.292 e. The van der Waals surface area contributed by atoms with Gasteiger partial charge in [-0.1, -0.05) is 18.2 Å². The van der Waals surface area contributed by atoms with Gasteiger partial charge in [0, 0.05) is 28.2 Å². The SMILES string of the molecule is COc1ccc(-c2nnc3ccc(OCCNC(=O)C(=O)c4c(C)[nH]c5ccccc45)nn23)cc1. The third-order valence-corrected chi connectivity index (χ3v) is 5.55. The maximum atomic E-state index is 12.7. The second-order valence-corrected chi connectivity index (χ2v) is 7.80. The molecular weight excluding hydrogens is 448 g/mol. The molecular formula is C25H22N6O4. The molecule has 10 nitrogen and oxygen atoms in total. The number of ether oxygens (including phenoxy) is 2. The molecule has 0 unspecified atom stereocenters. The van der Waals surface area contributed by atoms with Gasteiger partial charge in [-0.2, -0.15) is 4.52 Å². The number of aromatic amines is 1. The van der Waals surface area contributed by atoms with Crippen LogP contribution in [0.1, 0.15) is 16.1 Å². The Morgan fingerprint density at radius 3 is 2.63 bits per heavy atom. The number of rotatable bonds is 8. The van der Waals surface area contributed by atoms with Gasteiger partial charge in [-0.15, -0.1) is 15.3 Å². The molecule has 0 aliphatic carbocycles. The van der Waals surface area contributed by atoms with Crippen molar-refractivity contribution in [2.75, 3.05) is 20.3 Å². The van der Waals surface area contributed by atoms with Crippen LogP contribution in [0.2, 0.25) is 0 Å². The van der Waals surface area contributed by atoms with Crippen molar-refractivity contribution < 1.29 is 19.1 Å². The molecule has 2 aromatic carbocycles. The molecule has 176 valence electrons. The molecule has 0 saturated heterocycles. The number of Topliss-reactive ketones (excluding diaryl/α,β-unsaturated/α-hetero) is 1. The lowest BCUT2D eigenvalue weighted by Gasteiger charge is -2.08. The molecule has 3 aromatic heterocycles. The minimum atomic E-state index is -0.689. The number of aromatic nitrogens is 5. The Hall–Kier alpha value is -4.73. The number of para-hydroxylation sites is 1. The van der Waals surface area contributed by atoms with Crippen LogP contribution in [-0.4, -0.2) is 56.7 Å². The number of H-pyrrole nitrogens is 1. The van der Waals surface area contributed by atoms with E-state index in [1.165, 1.54) is 0 Å². The predicted molar refractivity (Wildman–Crippen MR) is 129 cm³/mol. The van der Waals surface area contributed by atoms with Gasteiger partial charge in [0.05, 0.1) is 19.2 Å². The minimum absolute atomic E-state index is 0.129. The Bertz CT molecular complexity index is 1540. The van der Waals surface area contributed by atoms with Crippen LogP contribution in [-0.2, 0) is 4.79 Å². The molecule has 0 bridgehead atoms. The number of benzene rings is 2. The van der Waals surface area contributed by atoms with E-state index in [1.54, 1.807) is 30.7 Å². The second kappa shape index (κ2) is 9.26. The Kier molecular flexibility index (Phi) is 5.84. The number of ketones is 1. The zero-order chi connectivity index (χ0) is 24.4. The van der Waals surface area contributed by atoms with E-state index in [2.05, 4.69) is 25.6 Å². The Morgan fingerprint density at radius 2 is 1.83 bits per heavy atom. The molecule has 0 aliphatic heterocycles. The Morgan fingerprint density at radius 1 is 1.03 bits per heavy atom. The smallest absolute Gasteiger partial charge is 0.292 e. The van der Waals surface area contributed by atoms with Crippen molar-refractivity contribution in [3.63, 3.8) is 0 Å². The number of carbonyl (C=O) groups is 2. The van der Waals surface area contributed by atoms with Crippen LogP contribution >= 0.6 is 0 Å². The van der Waals surface area contributed by atoms with Gasteiger partial charge in [-0.05, 0) is 43.3 Å². The van der Waals surface area contributed by atoms with E-state index in [4.69, 9.17) is 9.47 Å². The van der Waals surface area contributed by atoms with Crippen molar-refractivity contribution in [2.24, 2.45) is 0 Å². The van der Waals surface area contributed by atoms with Crippen LogP contribution in [0.4, 0.5) is 0 Å². The molecule has 0 saturated carbocycles. The fraction of sp³-hybridized carbons (Fsp3) is 0.160. The maximum absolute atomic E-state index is 12.7.